The molecule has 3 rings (SSSR count). The van der Waals surface area contributed by atoms with E-state index in [-0.39, 0.29) is 11.8 Å². The molecule has 2 aliphatic heterocycles. The average molecular weight is 286 g/mol. The van der Waals surface area contributed by atoms with Crippen LogP contribution in [0.4, 0.5) is 5.69 Å². The Hall–Kier alpha value is -2.37. The molecule has 1 aromatic rings. The molecule has 6 nitrogen and oxygen atoms in total. The zero-order chi connectivity index (χ0) is 14.7. The first-order valence-corrected chi connectivity index (χ1v) is 7.19. The number of amides is 2. The highest BCUT2D eigenvalue weighted by molar-refractivity contribution is 6.39. The summed E-state index contributed by atoms with van der Waals surface area (Å²) in [5.41, 5.74) is 4.03. The number of hydrogen-bond acceptors (Lipinski definition) is 4. The molecule has 1 fully saturated rings. The average Bonchev–Trinajstić information content (AvgIpc) is 2.56. The van der Waals surface area contributed by atoms with Crippen LogP contribution in [0.15, 0.2) is 35.4 Å². The van der Waals surface area contributed by atoms with Crippen molar-refractivity contribution in [2.24, 2.45) is 5.10 Å². The summed E-state index contributed by atoms with van der Waals surface area (Å²) in [6, 6.07) is 10.2. The quantitative estimate of drug-likeness (QED) is 0.866. The number of benzene rings is 1. The minimum atomic E-state index is -0.125. The van der Waals surface area contributed by atoms with Crippen molar-refractivity contribution in [3.63, 3.8) is 0 Å². The molecule has 2 aliphatic rings. The molecule has 0 aliphatic carbocycles. The van der Waals surface area contributed by atoms with Gasteiger partial charge in [-0.05, 0) is 12.1 Å². The molecular formula is C15H18N4O2. The minimum Gasteiger partial charge on any atom is -0.368 e. The Morgan fingerprint density at radius 3 is 2.38 bits per heavy atom. The normalized spacial score (nSPS) is 19.0. The van der Waals surface area contributed by atoms with Crippen molar-refractivity contribution in [1.29, 1.82) is 0 Å². The lowest BCUT2D eigenvalue weighted by Crippen LogP contribution is -2.51. The van der Waals surface area contributed by atoms with Crippen molar-refractivity contribution in [2.45, 2.75) is 12.8 Å². The van der Waals surface area contributed by atoms with Gasteiger partial charge in [-0.15, -0.1) is 0 Å². The summed E-state index contributed by atoms with van der Waals surface area (Å²) in [5.74, 6) is -0.178. The topological polar surface area (TPSA) is 65.0 Å². The standard InChI is InChI=1S/C15H18N4O2/c20-14-7-6-13(16-17-14)15(21)19-10-8-18(9-11-19)12-4-2-1-3-5-12/h1-5H,6-11H2,(H,17,20). The lowest BCUT2D eigenvalue weighted by atomic mass is 10.1. The zero-order valence-corrected chi connectivity index (χ0v) is 11.8. The van der Waals surface area contributed by atoms with Crippen LogP contribution in [-0.4, -0.2) is 48.6 Å². The molecule has 21 heavy (non-hydrogen) atoms. The van der Waals surface area contributed by atoms with Crippen molar-refractivity contribution in [2.75, 3.05) is 31.1 Å². The molecule has 2 heterocycles. The number of nitrogens with zero attached hydrogens (tertiary/aromatic N) is 3. The second kappa shape index (κ2) is 5.95. The molecule has 110 valence electrons. The van der Waals surface area contributed by atoms with E-state index in [4.69, 9.17) is 0 Å². The van der Waals surface area contributed by atoms with E-state index in [2.05, 4.69) is 27.6 Å². The third-order valence-electron chi connectivity index (χ3n) is 3.84. The maximum atomic E-state index is 12.3. The number of hydrogen-bond donors (Lipinski definition) is 1. The fraction of sp³-hybridized carbons (Fsp3) is 0.400. The first-order valence-electron chi connectivity index (χ1n) is 7.19. The first kappa shape index (κ1) is 13.6. The van der Waals surface area contributed by atoms with Gasteiger partial charge >= 0.3 is 0 Å². The van der Waals surface area contributed by atoms with E-state index in [1.807, 2.05) is 23.1 Å². The summed E-state index contributed by atoms with van der Waals surface area (Å²) in [5, 5.41) is 3.88. The Labute approximate surface area is 123 Å². The Morgan fingerprint density at radius 2 is 1.76 bits per heavy atom. The molecule has 0 radical (unpaired) electrons. The van der Waals surface area contributed by atoms with Crippen LogP contribution in [0.5, 0.6) is 0 Å². The van der Waals surface area contributed by atoms with Gasteiger partial charge in [-0.1, -0.05) is 18.2 Å². The molecule has 0 atom stereocenters. The van der Waals surface area contributed by atoms with Gasteiger partial charge in [0.05, 0.1) is 0 Å². The van der Waals surface area contributed by atoms with E-state index in [1.165, 1.54) is 5.69 Å². The van der Waals surface area contributed by atoms with Crippen LogP contribution in [0, 0.1) is 0 Å². The summed E-state index contributed by atoms with van der Waals surface area (Å²) in [6.07, 6.45) is 0.776. The van der Waals surface area contributed by atoms with Crippen molar-refractivity contribution < 1.29 is 9.59 Å². The predicted molar refractivity (Wildman–Crippen MR) is 80.0 cm³/mol. The molecule has 1 aromatic carbocycles. The number of hydrazone groups is 1. The molecule has 6 heteroatoms. The van der Waals surface area contributed by atoms with Gasteiger partial charge in [0.1, 0.15) is 5.71 Å². The summed E-state index contributed by atoms with van der Waals surface area (Å²) in [6.45, 7) is 2.99. The van der Waals surface area contributed by atoms with Gasteiger partial charge in [-0.3, -0.25) is 9.59 Å². The van der Waals surface area contributed by atoms with E-state index >= 15 is 0 Å². The smallest absolute Gasteiger partial charge is 0.270 e. The van der Waals surface area contributed by atoms with Crippen molar-refractivity contribution >= 4 is 23.2 Å². The van der Waals surface area contributed by atoms with E-state index in [0.29, 0.717) is 31.6 Å². The lowest BCUT2D eigenvalue weighted by Gasteiger charge is -2.36. The number of para-hydroxylation sites is 1. The fourth-order valence-corrected chi connectivity index (χ4v) is 2.62. The summed E-state index contributed by atoms with van der Waals surface area (Å²) >= 11 is 0. The van der Waals surface area contributed by atoms with E-state index in [1.54, 1.807) is 0 Å². The van der Waals surface area contributed by atoms with Gasteiger partial charge in [0.15, 0.2) is 0 Å². The SMILES string of the molecule is O=C1CCC(C(=O)N2CCN(c3ccccc3)CC2)=NN1. The van der Waals surface area contributed by atoms with E-state index < -0.39 is 0 Å². The minimum absolute atomic E-state index is 0.0530. The highest BCUT2D eigenvalue weighted by Gasteiger charge is 2.26. The fourth-order valence-electron chi connectivity index (χ4n) is 2.62. The lowest BCUT2D eigenvalue weighted by molar-refractivity contribution is -0.124. The van der Waals surface area contributed by atoms with Gasteiger partial charge in [0.2, 0.25) is 5.91 Å². The molecule has 0 bridgehead atoms. The van der Waals surface area contributed by atoms with Gasteiger partial charge in [-0.25, -0.2) is 5.43 Å². The van der Waals surface area contributed by atoms with Crippen LogP contribution in [0.1, 0.15) is 12.8 Å². The maximum absolute atomic E-state index is 12.3. The summed E-state index contributed by atoms with van der Waals surface area (Å²) in [4.78, 5) is 27.5. The number of carbonyl (C=O) groups is 2. The van der Waals surface area contributed by atoms with Crippen LogP contribution in [0.25, 0.3) is 0 Å². The summed E-state index contributed by atoms with van der Waals surface area (Å²) in [7, 11) is 0. The van der Waals surface area contributed by atoms with Crippen molar-refractivity contribution in [3.8, 4) is 0 Å². The van der Waals surface area contributed by atoms with E-state index in [9.17, 15) is 9.59 Å². The van der Waals surface area contributed by atoms with Crippen LogP contribution in [-0.2, 0) is 9.59 Å². The van der Waals surface area contributed by atoms with Crippen molar-refractivity contribution in [3.05, 3.63) is 30.3 Å². The zero-order valence-electron chi connectivity index (χ0n) is 11.8. The largest absolute Gasteiger partial charge is 0.368 e. The molecule has 2 amide bonds. The maximum Gasteiger partial charge on any atom is 0.270 e. The number of nitrogens with one attached hydrogen (secondary N) is 1. The molecule has 0 spiro atoms. The Balaban J connectivity index is 1.58. The van der Waals surface area contributed by atoms with Gasteiger partial charge < -0.3 is 9.80 Å². The van der Waals surface area contributed by atoms with Crippen LogP contribution in [0.2, 0.25) is 0 Å². The number of anilines is 1. The number of rotatable bonds is 2. The molecule has 0 saturated carbocycles. The Kier molecular flexibility index (Phi) is 3.85. The second-order valence-corrected chi connectivity index (χ2v) is 5.21. The molecule has 1 saturated heterocycles. The van der Waals surface area contributed by atoms with E-state index in [0.717, 1.165) is 13.1 Å². The second-order valence-electron chi connectivity index (χ2n) is 5.21. The Morgan fingerprint density at radius 1 is 1.05 bits per heavy atom. The molecule has 0 unspecified atom stereocenters. The predicted octanol–water partition coefficient (Wildman–Crippen LogP) is 0.601. The third-order valence-corrected chi connectivity index (χ3v) is 3.84. The highest BCUT2D eigenvalue weighted by Crippen LogP contribution is 2.16. The number of carbonyl (C=O) groups excluding carboxylic acids is 2. The highest BCUT2D eigenvalue weighted by atomic mass is 16.2. The summed E-state index contributed by atoms with van der Waals surface area (Å²) < 4.78 is 0. The molecular weight excluding hydrogens is 268 g/mol. The number of piperazine rings is 1. The van der Waals surface area contributed by atoms with Gasteiger partial charge in [0, 0.05) is 44.7 Å². The van der Waals surface area contributed by atoms with Crippen LogP contribution in [0.3, 0.4) is 0 Å². The van der Waals surface area contributed by atoms with Crippen molar-refractivity contribution in [1.82, 2.24) is 10.3 Å². The molecule has 0 aromatic heterocycles. The van der Waals surface area contributed by atoms with Gasteiger partial charge in [-0.2, -0.15) is 5.10 Å². The third kappa shape index (κ3) is 3.04. The molecule has 1 N–H and O–H groups in total. The Bertz CT molecular complexity index is 562. The van der Waals surface area contributed by atoms with Crippen LogP contribution < -0.4 is 10.3 Å². The first-order chi connectivity index (χ1) is 10.2. The van der Waals surface area contributed by atoms with Crippen LogP contribution >= 0.6 is 0 Å². The monoisotopic (exact) mass is 286 g/mol. The van der Waals surface area contributed by atoms with Gasteiger partial charge in [0.25, 0.3) is 5.91 Å².